The summed E-state index contributed by atoms with van der Waals surface area (Å²) in [6.45, 7) is 4.24. The predicted octanol–water partition coefficient (Wildman–Crippen LogP) is 3.95. The molecule has 31 heavy (non-hydrogen) atoms. The van der Waals surface area contributed by atoms with Crippen LogP contribution in [0.1, 0.15) is 42.8 Å². The van der Waals surface area contributed by atoms with Gasteiger partial charge in [0.1, 0.15) is 22.2 Å². The summed E-state index contributed by atoms with van der Waals surface area (Å²) in [4.78, 5) is 28.7. The number of anilines is 3. The number of aliphatic hydroxyl groups excluding tert-OH is 1. The molecule has 1 saturated carbocycles. The maximum absolute atomic E-state index is 13.0. The maximum atomic E-state index is 13.0. The number of nitrogen functional groups attached to an aromatic ring is 1. The van der Waals surface area contributed by atoms with E-state index in [4.69, 9.17) is 11.1 Å². The topological polar surface area (TPSA) is 141 Å². The molecular weight excluding hydrogens is 421 g/mol. The highest BCUT2D eigenvalue weighted by Crippen LogP contribution is 2.36. The molecule has 1 amide bonds. The molecule has 1 aromatic heterocycles. The number of nitrogens with zero attached hydrogens (tertiary/aromatic N) is 1. The molecule has 0 bridgehead atoms. The lowest BCUT2D eigenvalue weighted by atomic mass is 9.92. The first-order valence-corrected chi connectivity index (χ1v) is 10.5. The van der Waals surface area contributed by atoms with Gasteiger partial charge < -0.3 is 21.5 Å². The number of thiazole rings is 1. The largest absolute Gasteiger partial charge is 0.504 e. The number of aromatic nitrogens is 1. The summed E-state index contributed by atoms with van der Waals surface area (Å²) in [5, 5.41) is 24.0. The van der Waals surface area contributed by atoms with Crippen LogP contribution in [0.4, 0.5) is 21.0 Å². The van der Waals surface area contributed by atoms with Crippen LogP contribution in [0, 0.1) is 16.6 Å². The van der Waals surface area contributed by atoms with Gasteiger partial charge in [-0.3, -0.25) is 15.0 Å². The van der Waals surface area contributed by atoms with Crippen LogP contribution in [-0.4, -0.2) is 33.5 Å². The van der Waals surface area contributed by atoms with E-state index in [0.29, 0.717) is 5.69 Å². The second-order valence-corrected chi connectivity index (χ2v) is 9.21. The lowest BCUT2D eigenvalue weighted by Gasteiger charge is -2.17. The van der Waals surface area contributed by atoms with Gasteiger partial charge >= 0.3 is 0 Å². The lowest BCUT2D eigenvalue weighted by Crippen LogP contribution is -2.37. The average Bonchev–Trinajstić information content (AvgIpc) is 3.23. The van der Waals surface area contributed by atoms with Crippen molar-refractivity contribution in [3.05, 3.63) is 46.8 Å². The molecule has 6 N–H and O–H groups in total. The third-order valence-electron chi connectivity index (χ3n) is 5.02. The van der Waals surface area contributed by atoms with Crippen LogP contribution in [0.3, 0.4) is 0 Å². The number of aliphatic hydroxyl groups is 1. The maximum Gasteiger partial charge on any atom is 0.269 e. The fourth-order valence-electron chi connectivity index (χ4n) is 3.41. The molecule has 1 aliphatic carbocycles. The van der Waals surface area contributed by atoms with Gasteiger partial charge in [-0.25, -0.2) is 9.37 Å². The average molecular weight is 446 g/mol. The molecule has 8 nitrogen and oxygen atoms in total. The van der Waals surface area contributed by atoms with Gasteiger partial charge in [0, 0.05) is 17.8 Å². The van der Waals surface area contributed by atoms with Crippen LogP contribution >= 0.6 is 11.3 Å². The summed E-state index contributed by atoms with van der Waals surface area (Å²) >= 11 is 0.894. The van der Waals surface area contributed by atoms with Gasteiger partial charge in [-0.1, -0.05) is 25.2 Å². The van der Waals surface area contributed by atoms with E-state index in [1.165, 1.54) is 24.3 Å². The Balaban J connectivity index is 1.65. The van der Waals surface area contributed by atoms with Gasteiger partial charge in [-0.15, -0.1) is 0 Å². The Morgan fingerprint density at radius 3 is 2.65 bits per heavy atom. The van der Waals surface area contributed by atoms with Gasteiger partial charge in [0.25, 0.3) is 5.91 Å². The second kappa shape index (κ2) is 8.84. The first-order chi connectivity index (χ1) is 14.5. The van der Waals surface area contributed by atoms with E-state index in [-0.39, 0.29) is 27.3 Å². The molecule has 1 unspecified atom stereocenters. The fraction of sp³-hybridized carbons (Fsp3) is 0.333. The van der Waals surface area contributed by atoms with E-state index in [9.17, 15) is 19.1 Å². The number of hydrogen-bond acceptors (Lipinski definition) is 8. The van der Waals surface area contributed by atoms with Crippen molar-refractivity contribution < 1.29 is 19.1 Å². The second-order valence-electron chi connectivity index (χ2n) is 8.22. The molecule has 0 saturated heterocycles. The number of amides is 1. The Labute approximate surface area is 182 Å². The number of nitrogens with one attached hydrogen (secondary N) is 3. The van der Waals surface area contributed by atoms with Crippen molar-refractivity contribution >= 4 is 45.4 Å². The molecular formula is C21H24FN5O3S. The van der Waals surface area contributed by atoms with Crippen molar-refractivity contribution in [2.45, 2.75) is 39.2 Å². The smallest absolute Gasteiger partial charge is 0.269 e. The zero-order valence-electron chi connectivity index (χ0n) is 17.2. The van der Waals surface area contributed by atoms with Crippen molar-refractivity contribution in [2.75, 3.05) is 11.1 Å². The van der Waals surface area contributed by atoms with E-state index < -0.39 is 29.0 Å². The molecule has 10 heteroatoms. The monoisotopic (exact) mass is 445 g/mol. The standard InChI is InChI=1S/C21H24FN5O3S/c1-21(2)8-7-13(10-21)25-19(30)14(23)9-15(28)16(29)17-18(24)27-20(31-17)26-12-5-3-11(22)4-6-12/h3-6,9,13,23,28H,7-8,10,24H2,1-2H3,(H,25,30)(H,26,27)/b15-9-,23-14?. The zero-order valence-corrected chi connectivity index (χ0v) is 18.0. The minimum atomic E-state index is -0.846. The summed E-state index contributed by atoms with van der Waals surface area (Å²) in [6.07, 6.45) is 3.41. The number of carbonyl (C=O) groups excluding carboxylic acids is 2. The molecule has 1 aromatic carbocycles. The summed E-state index contributed by atoms with van der Waals surface area (Å²) < 4.78 is 13.0. The third kappa shape index (κ3) is 5.66. The summed E-state index contributed by atoms with van der Waals surface area (Å²) in [5.74, 6) is -2.78. The molecule has 164 valence electrons. The van der Waals surface area contributed by atoms with Crippen LogP contribution in [-0.2, 0) is 4.79 Å². The van der Waals surface area contributed by atoms with Crippen LogP contribution in [0.25, 0.3) is 0 Å². The number of Topliss-reactive ketones (excluding diaryl/α,β-unsaturated/α-hetero) is 1. The molecule has 1 aliphatic rings. The van der Waals surface area contributed by atoms with E-state index >= 15 is 0 Å². The van der Waals surface area contributed by atoms with Crippen molar-refractivity contribution in [2.24, 2.45) is 5.41 Å². The van der Waals surface area contributed by atoms with E-state index in [0.717, 1.165) is 36.7 Å². The van der Waals surface area contributed by atoms with E-state index in [2.05, 4.69) is 29.5 Å². The van der Waals surface area contributed by atoms with Crippen LogP contribution in [0.5, 0.6) is 0 Å². The van der Waals surface area contributed by atoms with Crippen LogP contribution < -0.4 is 16.4 Å². The first kappa shape index (κ1) is 22.4. The fourth-order valence-corrected chi connectivity index (χ4v) is 4.27. The molecule has 0 spiro atoms. The minimum absolute atomic E-state index is 0.0358. The number of allylic oxidation sites excluding steroid dienone is 1. The number of rotatable bonds is 7. The molecule has 0 radical (unpaired) electrons. The zero-order chi connectivity index (χ0) is 22.8. The van der Waals surface area contributed by atoms with Gasteiger partial charge in [0.15, 0.2) is 10.9 Å². The Morgan fingerprint density at radius 1 is 1.35 bits per heavy atom. The molecule has 1 atom stereocenters. The summed E-state index contributed by atoms with van der Waals surface area (Å²) in [5.41, 5.74) is 5.95. The Morgan fingerprint density at radius 2 is 2.03 bits per heavy atom. The van der Waals surface area contributed by atoms with E-state index in [1.807, 2.05) is 0 Å². The number of nitrogens with two attached hydrogens (primary N) is 1. The van der Waals surface area contributed by atoms with Gasteiger partial charge in [-0.2, -0.15) is 0 Å². The highest BCUT2D eigenvalue weighted by Gasteiger charge is 2.32. The lowest BCUT2D eigenvalue weighted by molar-refractivity contribution is -0.115. The number of halogens is 1. The quantitative estimate of drug-likeness (QED) is 0.189. The SMILES string of the molecule is CC1(C)CCC(NC(=O)C(=N)/C=C(\O)C(=O)c2sc(Nc3ccc(F)cc3)nc2N)C1. The van der Waals surface area contributed by atoms with Crippen molar-refractivity contribution in [1.29, 1.82) is 5.41 Å². The molecule has 3 rings (SSSR count). The molecule has 1 heterocycles. The number of carbonyl (C=O) groups is 2. The Kier molecular flexibility index (Phi) is 6.40. The first-order valence-electron chi connectivity index (χ1n) is 9.68. The normalized spacial score (nSPS) is 17.9. The van der Waals surface area contributed by atoms with Crippen LogP contribution in [0.2, 0.25) is 0 Å². The predicted molar refractivity (Wildman–Crippen MR) is 119 cm³/mol. The highest BCUT2D eigenvalue weighted by molar-refractivity contribution is 7.18. The summed E-state index contributed by atoms with van der Waals surface area (Å²) in [7, 11) is 0. The van der Waals surface area contributed by atoms with Gasteiger partial charge in [0.05, 0.1) is 0 Å². The Hall–Kier alpha value is -3.27. The van der Waals surface area contributed by atoms with Gasteiger partial charge in [-0.05, 0) is 48.9 Å². The van der Waals surface area contributed by atoms with Crippen LogP contribution in [0.15, 0.2) is 36.1 Å². The number of ketones is 1. The third-order valence-corrected chi connectivity index (χ3v) is 6.00. The number of hydrogen-bond donors (Lipinski definition) is 5. The van der Waals surface area contributed by atoms with Crippen molar-refractivity contribution in [3.8, 4) is 0 Å². The molecule has 0 aliphatic heterocycles. The van der Waals surface area contributed by atoms with Crippen molar-refractivity contribution in [1.82, 2.24) is 10.3 Å². The Bertz CT molecular complexity index is 1050. The van der Waals surface area contributed by atoms with E-state index in [1.54, 1.807) is 0 Å². The number of benzene rings is 1. The molecule has 2 aromatic rings. The summed E-state index contributed by atoms with van der Waals surface area (Å²) in [6, 6.07) is 5.49. The molecule has 1 fully saturated rings. The minimum Gasteiger partial charge on any atom is -0.504 e. The van der Waals surface area contributed by atoms with Gasteiger partial charge in [0.2, 0.25) is 5.78 Å². The van der Waals surface area contributed by atoms with Crippen molar-refractivity contribution in [3.63, 3.8) is 0 Å². The highest BCUT2D eigenvalue weighted by atomic mass is 32.1.